The fourth-order valence-electron chi connectivity index (χ4n) is 3.98. The summed E-state index contributed by atoms with van der Waals surface area (Å²) >= 11 is 1.52. The summed E-state index contributed by atoms with van der Waals surface area (Å²) in [5, 5.41) is 5.32. The number of benzene rings is 1. The Morgan fingerprint density at radius 3 is 2.77 bits per heavy atom. The minimum absolute atomic E-state index is 0.0538. The number of aryl methyl sites for hydroxylation is 1. The molecule has 164 valence electrons. The largest absolute Gasteiger partial charge is 0.375 e. The summed E-state index contributed by atoms with van der Waals surface area (Å²) in [7, 11) is 0. The summed E-state index contributed by atoms with van der Waals surface area (Å²) in [5.74, 6) is 0.254. The highest BCUT2D eigenvalue weighted by molar-refractivity contribution is 7.15. The van der Waals surface area contributed by atoms with Crippen molar-refractivity contribution in [2.24, 2.45) is 5.92 Å². The Hall–Kier alpha value is -2.74. The number of hydrogen-bond donors (Lipinski definition) is 1. The van der Waals surface area contributed by atoms with E-state index in [2.05, 4.69) is 18.8 Å². The van der Waals surface area contributed by atoms with E-state index < -0.39 is 0 Å². The molecule has 4 rings (SSSR count). The first-order valence-corrected chi connectivity index (χ1v) is 11.5. The monoisotopic (exact) mass is 441 g/mol. The molecule has 0 aliphatic carbocycles. The Morgan fingerprint density at radius 1 is 1.26 bits per heavy atom. The van der Waals surface area contributed by atoms with Crippen LogP contribution in [0.3, 0.4) is 0 Å². The van der Waals surface area contributed by atoms with E-state index in [4.69, 9.17) is 10.8 Å². The first-order valence-electron chi connectivity index (χ1n) is 10.6. The Labute approximate surface area is 185 Å². The Balaban J connectivity index is 1.53. The molecule has 1 aliphatic rings. The Morgan fingerprint density at radius 2 is 2.03 bits per heavy atom. The van der Waals surface area contributed by atoms with Gasteiger partial charge in [-0.15, -0.1) is 11.3 Å². The molecule has 1 amide bonds. The molecular formula is C23H28FN5OS. The predicted molar refractivity (Wildman–Crippen MR) is 121 cm³/mol. The van der Waals surface area contributed by atoms with Crippen molar-refractivity contribution < 1.29 is 9.18 Å². The highest BCUT2D eigenvalue weighted by atomic mass is 32.1. The van der Waals surface area contributed by atoms with Crippen LogP contribution in [0.1, 0.15) is 35.7 Å². The third kappa shape index (κ3) is 4.79. The van der Waals surface area contributed by atoms with E-state index in [9.17, 15) is 9.18 Å². The lowest BCUT2D eigenvalue weighted by Crippen LogP contribution is -2.36. The van der Waals surface area contributed by atoms with Gasteiger partial charge in [0.1, 0.15) is 12.4 Å². The normalized spacial score (nSPS) is 14.0. The van der Waals surface area contributed by atoms with Gasteiger partial charge in [0.15, 0.2) is 5.13 Å². The van der Waals surface area contributed by atoms with E-state index in [1.165, 1.54) is 22.3 Å². The number of anilines is 1. The molecule has 0 radical (unpaired) electrons. The molecule has 0 saturated carbocycles. The molecule has 0 bridgehead atoms. The number of fused-ring (bicyclic) bond motifs is 1. The molecule has 0 fully saturated rings. The zero-order chi connectivity index (χ0) is 22.1. The molecule has 0 unspecified atom stereocenters. The molecule has 1 aromatic carbocycles. The van der Waals surface area contributed by atoms with Crippen molar-refractivity contribution >= 4 is 22.4 Å². The fraction of sp³-hybridized carbons (Fsp3) is 0.435. The fourth-order valence-corrected chi connectivity index (χ4v) is 4.85. The summed E-state index contributed by atoms with van der Waals surface area (Å²) in [6, 6.07) is 7.02. The third-order valence-corrected chi connectivity index (χ3v) is 6.58. The first kappa shape index (κ1) is 21.5. The minimum Gasteiger partial charge on any atom is -0.375 e. The number of nitrogens with two attached hydrogens (primary N) is 1. The lowest BCUT2D eigenvalue weighted by Gasteiger charge is -2.21. The zero-order valence-electron chi connectivity index (χ0n) is 18.2. The van der Waals surface area contributed by atoms with Gasteiger partial charge in [-0.1, -0.05) is 13.8 Å². The second-order valence-corrected chi connectivity index (χ2v) is 9.66. The maximum Gasteiger partial charge on any atom is 0.244 e. The van der Waals surface area contributed by atoms with Gasteiger partial charge in [0.2, 0.25) is 5.91 Å². The number of nitrogen functional groups attached to an aromatic ring is 1. The van der Waals surface area contributed by atoms with E-state index in [1.807, 2.05) is 15.6 Å². The van der Waals surface area contributed by atoms with Gasteiger partial charge in [-0.3, -0.25) is 9.48 Å². The smallest absolute Gasteiger partial charge is 0.244 e. The molecule has 2 aromatic heterocycles. The van der Waals surface area contributed by atoms with Crippen molar-refractivity contribution in [3.8, 4) is 11.3 Å². The number of carbonyl (C=O) groups excluding carboxylic acids is 1. The number of carbonyl (C=O) groups is 1. The van der Waals surface area contributed by atoms with E-state index in [1.54, 1.807) is 19.1 Å². The summed E-state index contributed by atoms with van der Waals surface area (Å²) in [6.07, 6.45) is 2.34. The van der Waals surface area contributed by atoms with E-state index in [-0.39, 0.29) is 18.3 Å². The van der Waals surface area contributed by atoms with Crippen LogP contribution >= 0.6 is 11.3 Å². The maximum atomic E-state index is 13.7. The highest BCUT2D eigenvalue weighted by Crippen LogP contribution is 2.25. The number of rotatable bonds is 5. The molecule has 6 nitrogen and oxygen atoms in total. The first-order chi connectivity index (χ1) is 14.8. The van der Waals surface area contributed by atoms with Gasteiger partial charge in [-0.05, 0) is 49.1 Å². The van der Waals surface area contributed by atoms with Crippen molar-refractivity contribution in [2.45, 2.75) is 46.6 Å². The van der Waals surface area contributed by atoms with Crippen molar-refractivity contribution in [3.63, 3.8) is 0 Å². The van der Waals surface area contributed by atoms with Crippen LogP contribution in [0.25, 0.3) is 11.3 Å². The van der Waals surface area contributed by atoms with Gasteiger partial charge in [-0.2, -0.15) is 5.10 Å². The van der Waals surface area contributed by atoms with Gasteiger partial charge in [0, 0.05) is 42.1 Å². The van der Waals surface area contributed by atoms with Crippen LogP contribution in [0.4, 0.5) is 9.52 Å². The Bertz CT molecular complexity index is 1080. The topological polar surface area (TPSA) is 77.0 Å². The number of amides is 1. The van der Waals surface area contributed by atoms with Crippen molar-refractivity contribution in [2.75, 3.05) is 18.8 Å². The van der Waals surface area contributed by atoms with Gasteiger partial charge in [0.05, 0.1) is 11.4 Å². The summed E-state index contributed by atoms with van der Waals surface area (Å²) in [4.78, 5) is 20.6. The molecule has 0 spiro atoms. The number of halogens is 1. The molecule has 0 atom stereocenters. The van der Waals surface area contributed by atoms with Crippen LogP contribution in [-0.2, 0) is 30.6 Å². The van der Waals surface area contributed by atoms with Gasteiger partial charge in [0.25, 0.3) is 0 Å². The van der Waals surface area contributed by atoms with Crippen LogP contribution in [0.15, 0.2) is 24.3 Å². The molecule has 3 aromatic rings. The Kier molecular flexibility index (Phi) is 6.09. The summed E-state index contributed by atoms with van der Waals surface area (Å²) in [6.45, 7) is 7.54. The molecule has 1 aliphatic heterocycles. The molecule has 2 N–H and O–H groups in total. The van der Waals surface area contributed by atoms with Crippen molar-refractivity contribution in [3.05, 3.63) is 51.9 Å². The van der Waals surface area contributed by atoms with E-state index in [0.717, 1.165) is 41.9 Å². The van der Waals surface area contributed by atoms with Crippen molar-refractivity contribution in [1.29, 1.82) is 0 Å². The van der Waals surface area contributed by atoms with Crippen LogP contribution in [-0.4, -0.2) is 38.7 Å². The molecular weight excluding hydrogens is 413 g/mol. The second kappa shape index (κ2) is 8.78. The number of thiazole rings is 1. The number of hydrogen-bond acceptors (Lipinski definition) is 5. The maximum absolute atomic E-state index is 13.7. The van der Waals surface area contributed by atoms with Crippen LogP contribution in [0, 0.1) is 18.7 Å². The minimum atomic E-state index is -0.230. The highest BCUT2D eigenvalue weighted by Gasteiger charge is 2.23. The van der Waals surface area contributed by atoms with E-state index >= 15 is 0 Å². The van der Waals surface area contributed by atoms with Crippen molar-refractivity contribution in [1.82, 2.24) is 19.7 Å². The summed E-state index contributed by atoms with van der Waals surface area (Å²) < 4.78 is 15.5. The number of aromatic nitrogens is 3. The summed E-state index contributed by atoms with van der Waals surface area (Å²) in [5.41, 5.74) is 10.1. The standard InChI is InChI=1S/C23H28FN5OS/c1-14(2)10-17-12-20(16-4-5-18(24)15(3)11-16)27-29(17)13-22(30)28-8-6-19-21(7-9-28)31-23(25)26-19/h4-5,11-12,14H,6-10,13H2,1-3H3,(H2,25,26). The molecule has 8 heteroatoms. The third-order valence-electron chi connectivity index (χ3n) is 5.59. The van der Waals surface area contributed by atoms with Gasteiger partial charge < -0.3 is 10.6 Å². The van der Waals surface area contributed by atoms with Crippen LogP contribution in [0.2, 0.25) is 0 Å². The van der Waals surface area contributed by atoms with Gasteiger partial charge in [-0.25, -0.2) is 9.37 Å². The molecule has 31 heavy (non-hydrogen) atoms. The average molecular weight is 442 g/mol. The quantitative estimate of drug-likeness (QED) is 0.652. The zero-order valence-corrected chi connectivity index (χ0v) is 19.0. The SMILES string of the molecule is Cc1cc(-c2cc(CC(C)C)n(CC(=O)N3CCc4nc(N)sc4CC3)n2)ccc1F. The lowest BCUT2D eigenvalue weighted by atomic mass is 10.1. The second-order valence-electron chi connectivity index (χ2n) is 8.54. The average Bonchev–Trinajstić information content (AvgIpc) is 3.20. The predicted octanol–water partition coefficient (Wildman–Crippen LogP) is 3.86. The van der Waals surface area contributed by atoms with E-state index in [0.29, 0.717) is 29.7 Å². The lowest BCUT2D eigenvalue weighted by molar-refractivity contribution is -0.132. The molecule has 0 saturated heterocycles. The molecule has 3 heterocycles. The van der Waals surface area contributed by atoms with Crippen LogP contribution in [0.5, 0.6) is 0 Å². The van der Waals surface area contributed by atoms with Gasteiger partial charge >= 0.3 is 0 Å². The number of nitrogens with zero attached hydrogens (tertiary/aromatic N) is 4. The van der Waals surface area contributed by atoms with Crippen LogP contribution < -0.4 is 5.73 Å².